The summed E-state index contributed by atoms with van der Waals surface area (Å²) < 4.78 is 37.2. The summed E-state index contributed by atoms with van der Waals surface area (Å²) in [7, 11) is 0. The van der Waals surface area contributed by atoms with Crippen LogP contribution in [0.5, 0.6) is 0 Å². The minimum absolute atomic E-state index is 0.159. The second kappa shape index (κ2) is 5.40. The van der Waals surface area contributed by atoms with Crippen molar-refractivity contribution in [3.63, 3.8) is 0 Å². The van der Waals surface area contributed by atoms with Crippen LogP contribution in [0.3, 0.4) is 0 Å². The number of aliphatic carboxylic acids is 1. The predicted octanol–water partition coefficient (Wildman–Crippen LogP) is 1.99. The van der Waals surface area contributed by atoms with E-state index >= 15 is 0 Å². The van der Waals surface area contributed by atoms with Gasteiger partial charge in [0.25, 0.3) is 0 Å². The van der Waals surface area contributed by atoms with E-state index in [1.807, 2.05) is 0 Å². The summed E-state index contributed by atoms with van der Waals surface area (Å²) in [5, 5.41) is 11.1. The van der Waals surface area contributed by atoms with E-state index in [-0.39, 0.29) is 12.2 Å². The third-order valence-corrected chi connectivity index (χ3v) is 2.03. The fourth-order valence-electron chi connectivity index (χ4n) is 1.18. The number of terminal acetylenes is 1. The highest BCUT2D eigenvalue weighted by Gasteiger charge is 2.31. The molecule has 0 saturated heterocycles. The molecule has 1 unspecified atom stereocenters. The van der Waals surface area contributed by atoms with Crippen molar-refractivity contribution in [3.8, 4) is 12.3 Å². The van der Waals surface area contributed by atoms with E-state index in [1.54, 1.807) is 0 Å². The second-order valence-electron chi connectivity index (χ2n) is 3.37. The number of carboxylic acid groups (broad SMARTS) is 1. The zero-order chi connectivity index (χ0) is 13.8. The molecule has 1 atom stereocenters. The summed E-state index contributed by atoms with van der Waals surface area (Å²) in [5.74, 6) is 0.676. The normalized spacial score (nSPS) is 12.6. The Balaban J connectivity index is 2.91. The van der Waals surface area contributed by atoms with Crippen LogP contribution in [0.1, 0.15) is 12.0 Å². The Morgan fingerprint density at radius 2 is 2.28 bits per heavy atom. The smallest absolute Gasteiger partial charge is 0.416 e. The molecule has 0 bridgehead atoms. The molecule has 0 aliphatic carbocycles. The van der Waals surface area contributed by atoms with E-state index in [0.29, 0.717) is 0 Å². The van der Waals surface area contributed by atoms with Gasteiger partial charge in [-0.1, -0.05) is 0 Å². The van der Waals surface area contributed by atoms with Crippen molar-refractivity contribution in [1.82, 2.24) is 4.98 Å². The number of pyridine rings is 1. The van der Waals surface area contributed by atoms with Gasteiger partial charge in [-0.2, -0.15) is 13.2 Å². The van der Waals surface area contributed by atoms with E-state index in [4.69, 9.17) is 11.5 Å². The Hall–Kier alpha value is -2.23. The first-order chi connectivity index (χ1) is 8.34. The Labute approximate surface area is 101 Å². The van der Waals surface area contributed by atoms with Crippen molar-refractivity contribution in [2.75, 3.05) is 5.32 Å². The molecule has 1 aromatic rings. The number of hydrogen-bond donors (Lipinski definition) is 2. The van der Waals surface area contributed by atoms with Gasteiger partial charge in [-0.25, -0.2) is 9.78 Å². The highest BCUT2D eigenvalue weighted by atomic mass is 19.4. The Kier molecular flexibility index (Phi) is 4.15. The lowest BCUT2D eigenvalue weighted by molar-refractivity contribution is -0.138. The first kappa shape index (κ1) is 13.8. The maximum atomic E-state index is 12.4. The number of anilines is 1. The first-order valence-electron chi connectivity index (χ1n) is 4.80. The maximum absolute atomic E-state index is 12.4. The van der Waals surface area contributed by atoms with Gasteiger partial charge >= 0.3 is 12.1 Å². The van der Waals surface area contributed by atoms with E-state index < -0.39 is 23.8 Å². The van der Waals surface area contributed by atoms with Crippen molar-refractivity contribution < 1.29 is 23.1 Å². The third-order valence-electron chi connectivity index (χ3n) is 2.03. The first-order valence-corrected chi connectivity index (χ1v) is 4.80. The molecule has 18 heavy (non-hydrogen) atoms. The van der Waals surface area contributed by atoms with Crippen molar-refractivity contribution in [1.29, 1.82) is 0 Å². The average Bonchev–Trinajstić information content (AvgIpc) is 2.27. The van der Waals surface area contributed by atoms with Crippen LogP contribution in [-0.2, 0) is 11.0 Å². The lowest BCUT2D eigenvalue weighted by Gasteiger charge is -2.13. The van der Waals surface area contributed by atoms with Gasteiger partial charge in [-0.05, 0) is 12.1 Å². The van der Waals surface area contributed by atoms with Crippen LogP contribution in [0.25, 0.3) is 0 Å². The molecule has 1 heterocycles. The maximum Gasteiger partial charge on any atom is 0.416 e. The van der Waals surface area contributed by atoms with Gasteiger partial charge < -0.3 is 10.4 Å². The number of rotatable bonds is 4. The van der Waals surface area contributed by atoms with Gasteiger partial charge in [-0.3, -0.25) is 0 Å². The second-order valence-corrected chi connectivity index (χ2v) is 3.37. The molecule has 1 rings (SSSR count). The number of carbonyl (C=O) groups is 1. The number of alkyl halides is 3. The Bertz CT molecular complexity index is 480. The van der Waals surface area contributed by atoms with E-state index in [1.165, 1.54) is 0 Å². The van der Waals surface area contributed by atoms with Crippen LogP contribution >= 0.6 is 0 Å². The highest BCUT2D eigenvalue weighted by Crippen LogP contribution is 2.30. The summed E-state index contributed by atoms with van der Waals surface area (Å²) in [6, 6.07) is 0.347. The minimum Gasteiger partial charge on any atom is -0.480 e. The molecule has 0 aliphatic rings. The Morgan fingerprint density at radius 3 is 2.78 bits per heavy atom. The van der Waals surface area contributed by atoms with Gasteiger partial charge in [-0.15, -0.1) is 12.3 Å². The molecule has 0 aromatic carbocycles. The number of carboxylic acids is 1. The molecule has 2 N–H and O–H groups in total. The van der Waals surface area contributed by atoms with E-state index in [9.17, 15) is 18.0 Å². The van der Waals surface area contributed by atoms with Crippen LogP contribution in [0, 0.1) is 12.3 Å². The van der Waals surface area contributed by atoms with Gasteiger partial charge in [0.15, 0.2) is 0 Å². The fourth-order valence-corrected chi connectivity index (χ4v) is 1.18. The molecule has 0 saturated carbocycles. The molecular weight excluding hydrogens is 249 g/mol. The lowest BCUT2D eigenvalue weighted by Crippen LogP contribution is -2.29. The Morgan fingerprint density at radius 1 is 1.61 bits per heavy atom. The van der Waals surface area contributed by atoms with Crippen LogP contribution in [-0.4, -0.2) is 22.1 Å². The van der Waals surface area contributed by atoms with Gasteiger partial charge in [0, 0.05) is 12.6 Å². The quantitative estimate of drug-likeness (QED) is 0.811. The van der Waals surface area contributed by atoms with Crippen molar-refractivity contribution in [2.24, 2.45) is 0 Å². The number of nitrogens with one attached hydrogen (secondary N) is 1. The third kappa shape index (κ3) is 3.66. The zero-order valence-corrected chi connectivity index (χ0v) is 9.03. The lowest BCUT2D eigenvalue weighted by atomic mass is 10.2. The molecule has 4 nitrogen and oxygen atoms in total. The van der Waals surface area contributed by atoms with Crippen LogP contribution < -0.4 is 5.32 Å². The largest absolute Gasteiger partial charge is 0.480 e. The SMILES string of the molecule is C#CCC(Nc1cc(C(F)(F)F)ccn1)C(=O)O. The molecule has 7 heteroatoms. The summed E-state index contributed by atoms with van der Waals surface area (Å²) in [4.78, 5) is 14.4. The standard InChI is InChI=1S/C11H9F3N2O2/c1-2-3-8(10(17)18)16-9-6-7(4-5-15-9)11(12,13)14/h1,4-6,8H,3H2,(H,15,16)(H,17,18). The predicted molar refractivity (Wildman–Crippen MR) is 57.7 cm³/mol. The molecular formula is C11H9F3N2O2. The van der Waals surface area contributed by atoms with E-state index in [2.05, 4.69) is 16.2 Å². The summed E-state index contributed by atoms with van der Waals surface area (Å²) >= 11 is 0. The monoisotopic (exact) mass is 258 g/mol. The number of halogens is 3. The van der Waals surface area contributed by atoms with Gasteiger partial charge in [0.1, 0.15) is 11.9 Å². The van der Waals surface area contributed by atoms with Crippen molar-refractivity contribution in [2.45, 2.75) is 18.6 Å². The van der Waals surface area contributed by atoms with Crippen molar-refractivity contribution in [3.05, 3.63) is 23.9 Å². The van der Waals surface area contributed by atoms with E-state index in [0.717, 1.165) is 18.3 Å². The topological polar surface area (TPSA) is 62.2 Å². The highest BCUT2D eigenvalue weighted by molar-refractivity contribution is 5.77. The summed E-state index contributed by atoms with van der Waals surface area (Å²) in [6.07, 6.45) is 1.24. The molecule has 0 spiro atoms. The van der Waals surface area contributed by atoms with Crippen molar-refractivity contribution >= 4 is 11.8 Å². The minimum atomic E-state index is -4.51. The average molecular weight is 258 g/mol. The number of aromatic nitrogens is 1. The molecule has 1 aromatic heterocycles. The molecule has 0 radical (unpaired) electrons. The van der Waals surface area contributed by atoms with Crippen LogP contribution in [0.4, 0.5) is 19.0 Å². The van der Waals surface area contributed by atoms with Crippen LogP contribution in [0.2, 0.25) is 0 Å². The number of hydrogen-bond acceptors (Lipinski definition) is 3. The zero-order valence-electron chi connectivity index (χ0n) is 9.03. The van der Waals surface area contributed by atoms with Gasteiger partial charge in [0.2, 0.25) is 0 Å². The summed E-state index contributed by atoms with van der Waals surface area (Å²) in [6.45, 7) is 0. The van der Waals surface area contributed by atoms with Crippen LogP contribution in [0.15, 0.2) is 18.3 Å². The molecule has 0 fully saturated rings. The fraction of sp³-hybridized carbons (Fsp3) is 0.273. The van der Waals surface area contributed by atoms with Gasteiger partial charge in [0.05, 0.1) is 5.56 Å². The molecule has 96 valence electrons. The molecule has 0 amide bonds. The molecule has 0 aliphatic heterocycles. The summed E-state index contributed by atoms with van der Waals surface area (Å²) in [5.41, 5.74) is -0.912. The number of nitrogens with zero attached hydrogens (tertiary/aromatic N) is 1.